The third kappa shape index (κ3) is 2.50. The Morgan fingerprint density at radius 1 is 0.783 bits per heavy atom. The quantitative estimate of drug-likeness (QED) is 0.581. The summed E-state index contributed by atoms with van der Waals surface area (Å²) < 4.78 is 0. The molecular weight excluding hydrogens is 286 g/mol. The van der Waals surface area contributed by atoms with E-state index in [1.165, 1.54) is 0 Å². The van der Waals surface area contributed by atoms with Crippen LogP contribution in [0.15, 0.2) is 49.2 Å². The van der Waals surface area contributed by atoms with Crippen LogP contribution in [-0.2, 0) is 12.8 Å². The van der Waals surface area contributed by atoms with Gasteiger partial charge in [0, 0.05) is 42.8 Å². The molecule has 0 unspecified atom stereocenters. The Balaban J connectivity index is 1.77. The van der Waals surface area contributed by atoms with Gasteiger partial charge in [0.15, 0.2) is 0 Å². The van der Waals surface area contributed by atoms with Crippen molar-refractivity contribution in [1.82, 2.24) is 24.9 Å². The van der Waals surface area contributed by atoms with Gasteiger partial charge in [0.2, 0.25) is 0 Å². The maximum Gasteiger partial charge on any atom is 0.110 e. The topological polar surface area (TPSA) is 64.5 Å². The van der Waals surface area contributed by atoms with E-state index in [1.807, 2.05) is 24.5 Å². The van der Waals surface area contributed by atoms with Crippen LogP contribution in [0, 0.1) is 0 Å². The van der Waals surface area contributed by atoms with Crippen molar-refractivity contribution in [3.05, 3.63) is 66.1 Å². The molecule has 4 aromatic rings. The first-order chi connectivity index (χ1) is 11.3. The highest BCUT2D eigenvalue weighted by molar-refractivity contribution is 5.81. The van der Waals surface area contributed by atoms with Crippen molar-refractivity contribution in [2.75, 3.05) is 0 Å². The second kappa shape index (κ2) is 5.68. The first-order valence-corrected chi connectivity index (χ1v) is 7.62. The number of hydrogen-bond acceptors (Lipinski definition) is 5. The minimum absolute atomic E-state index is 0.683. The standard InChI is InChI=1S/C18H15N5/c1-2-14-17-13(3-5-19-14)9-12(11-23-17)10-16-18-15(4-6-20-16)21-7-8-22-18/h3-9,11H,2,10H2,1H3. The van der Waals surface area contributed by atoms with Crippen LogP contribution in [0.4, 0.5) is 0 Å². The number of pyridine rings is 3. The average molecular weight is 301 g/mol. The van der Waals surface area contributed by atoms with Crippen molar-refractivity contribution >= 4 is 21.9 Å². The molecule has 0 radical (unpaired) electrons. The van der Waals surface area contributed by atoms with Crippen LogP contribution in [0.2, 0.25) is 0 Å². The maximum absolute atomic E-state index is 4.60. The Labute approximate surface area is 133 Å². The predicted octanol–water partition coefficient (Wildman–Crippen LogP) is 3.12. The SMILES string of the molecule is CCc1nccc2cc(Cc3nccc4nccnc34)cnc12. The van der Waals surface area contributed by atoms with Gasteiger partial charge in [-0.05, 0) is 30.2 Å². The molecule has 0 aliphatic carbocycles. The molecule has 5 heteroatoms. The highest BCUT2D eigenvalue weighted by Gasteiger charge is 2.08. The van der Waals surface area contributed by atoms with E-state index in [-0.39, 0.29) is 0 Å². The minimum Gasteiger partial charge on any atom is -0.259 e. The molecule has 0 fully saturated rings. The second-order valence-corrected chi connectivity index (χ2v) is 5.38. The van der Waals surface area contributed by atoms with Crippen molar-refractivity contribution in [3.63, 3.8) is 0 Å². The molecule has 5 nitrogen and oxygen atoms in total. The number of hydrogen-bond donors (Lipinski definition) is 0. The van der Waals surface area contributed by atoms with Gasteiger partial charge in [-0.3, -0.25) is 24.9 Å². The fourth-order valence-electron chi connectivity index (χ4n) is 2.79. The largest absolute Gasteiger partial charge is 0.259 e. The number of aryl methyl sites for hydroxylation is 1. The van der Waals surface area contributed by atoms with E-state index in [0.717, 1.165) is 45.3 Å². The summed E-state index contributed by atoms with van der Waals surface area (Å²) in [6.45, 7) is 2.09. The third-order valence-electron chi connectivity index (χ3n) is 3.90. The van der Waals surface area contributed by atoms with Crippen LogP contribution < -0.4 is 0 Å². The van der Waals surface area contributed by atoms with Crippen LogP contribution in [0.3, 0.4) is 0 Å². The lowest BCUT2D eigenvalue weighted by atomic mass is 10.1. The summed E-state index contributed by atoms with van der Waals surface area (Å²) in [6.07, 6.45) is 10.5. The molecule has 0 spiro atoms. The molecule has 0 atom stereocenters. The molecule has 112 valence electrons. The Hall–Kier alpha value is -2.95. The van der Waals surface area contributed by atoms with Crippen molar-refractivity contribution in [1.29, 1.82) is 0 Å². The Morgan fingerprint density at radius 2 is 1.61 bits per heavy atom. The van der Waals surface area contributed by atoms with Crippen molar-refractivity contribution in [2.24, 2.45) is 0 Å². The van der Waals surface area contributed by atoms with Gasteiger partial charge in [0.05, 0.1) is 22.4 Å². The lowest BCUT2D eigenvalue weighted by Gasteiger charge is -2.07. The first-order valence-electron chi connectivity index (χ1n) is 7.62. The lowest BCUT2D eigenvalue weighted by Crippen LogP contribution is -1.98. The molecule has 0 saturated carbocycles. The number of rotatable bonds is 3. The molecule has 0 aromatic carbocycles. The average Bonchev–Trinajstić information content (AvgIpc) is 2.61. The van der Waals surface area contributed by atoms with E-state index in [1.54, 1.807) is 18.6 Å². The van der Waals surface area contributed by atoms with Crippen molar-refractivity contribution in [2.45, 2.75) is 19.8 Å². The third-order valence-corrected chi connectivity index (χ3v) is 3.90. The number of aromatic nitrogens is 5. The lowest BCUT2D eigenvalue weighted by molar-refractivity contribution is 1.03. The van der Waals surface area contributed by atoms with Gasteiger partial charge in [-0.15, -0.1) is 0 Å². The van der Waals surface area contributed by atoms with Crippen LogP contribution in [0.25, 0.3) is 21.9 Å². The highest BCUT2D eigenvalue weighted by atomic mass is 14.8. The van der Waals surface area contributed by atoms with Crippen LogP contribution >= 0.6 is 0 Å². The van der Waals surface area contributed by atoms with E-state index in [4.69, 9.17) is 0 Å². The second-order valence-electron chi connectivity index (χ2n) is 5.38. The van der Waals surface area contributed by atoms with E-state index in [0.29, 0.717) is 6.42 Å². The zero-order valence-corrected chi connectivity index (χ0v) is 12.8. The summed E-state index contributed by atoms with van der Waals surface area (Å²) in [6, 6.07) is 6.03. The molecule has 0 aliphatic heterocycles. The van der Waals surface area contributed by atoms with Gasteiger partial charge < -0.3 is 0 Å². The van der Waals surface area contributed by atoms with E-state index < -0.39 is 0 Å². The molecule has 0 N–H and O–H groups in total. The molecule has 4 heterocycles. The van der Waals surface area contributed by atoms with Crippen LogP contribution in [0.1, 0.15) is 23.9 Å². The number of nitrogens with zero attached hydrogens (tertiary/aromatic N) is 5. The van der Waals surface area contributed by atoms with Gasteiger partial charge in [-0.25, -0.2) is 0 Å². The predicted molar refractivity (Wildman–Crippen MR) is 89.1 cm³/mol. The molecule has 4 rings (SSSR count). The summed E-state index contributed by atoms with van der Waals surface area (Å²) in [5.41, 5.74) is 5.74. The monoisotopic (exact) mass is 301 g/mol. The summed E-state index contributed by atoms with van der Waals surface area (Å²) in [5.74, 6) is 0. The minimum atomic E-state index is 0.683. The van der Waals surface area contributed by atoms with Crippen molar-refractivity contribution in [3.8, 4) is 0 Å². The Kier molecular flexibility index (Phi) is 3.38. The molecule has 0 amide bonds. The normalized spacial score (nSPS) is 11.2. The van der Waals surface area contributed by atoms with E-state index in [9.17, 15) is 0 Å². The van der Waals surface area contributed by atoms with E-state index >= 15 is 0 Å². The fraction of sp³-hybridized carbons (Fsp3) is 0.167. The van der Waals surface area contributed by atoms with Gasteiger partial charge in [-0.1, -0.05) is 6.92 Å². The molecule has 0 saturated heterocycles. The maximum atomic E-state index is 4.60. The summed E-state index contributed by atoms with van der Waals surface area (Å²) >= 11 is 0. The summed E-state index contributed by atoms with van der Waals surface area (Å²) in [4.78, 5) is 22.2. The highest BCUT2D eigenvalue weighted by Crippen LogP contribution is 2.20. The van der Waals surface area contributed by atoms with Crippen molar-refractivity contribution < 1.29 is 0 Å². The smallest absolute Gasteiger partial charge is 0.110 e. The molecule has 23 heavy (non-hydrogen) atoms. The van der Waals surface area contributed by atoms with Crippen LogP contribution in [-0.4, -0.2) is 24.9 Å². The molecule has 0 bridgehead atoms. The zero-order valence-electron chi connectivity index (χ0n) is 12.8. The van der Waals surface area contributed by atoms with E-state index in [2.05, 4.69) is 37.9 Å². The van der Waals surface area contributed by atoms with Gasteiger partial charge in [-0.2, -0.15) is 0 Å². The zero-order chi connectivity index (χ0) is 15.6. The molecular formula is C18H15N5. The van der Waals surface area contributed by atoms with Gasteiger partial charge in [0.25, 0.3) is 0 Å². The first kappa shape index (κ1) is 13.7. The summed E-state index contributed by atoms with van der Waals surface area (Å²) in [7, 11) is 0. The van der Waals surface area contributed by atoms with Gasteiger partial charge >= 0.3 is 0 Å². The Bertz CT molecular complexity index is 991. The molecule has 0 aliphatic rings. The number of fused-ring (bicyclic) bond motifs is 2. The summed E-state index contributed by atoms with van der Waals surface area (Å²) in [5, 5.41) is 1.11. The van der Waals surface area contributed by atoms with Crippen LogP contribution in [0.5, 0.6) is 0 Å². The fourth-order valence-corrected chi connectivity index (χ4v) is 2.79. The Morgan fingerprint density at radius 3 is 2.52 bits per heavy atom. The van der Waals surface area contributed by atoms with Gasteiger partial charge in [0.1, 0.15) is 5.52 Å². The molecule has 4 aromatic heterocycles.